The van der Waals surface area contributed by atoms with Crippen LogP contribution in [0.5, 0.6) is 0 Å². The van der Waals surface area contributed by atoms with Crippen molar-refractivity contribution in [1.29, 1.82) is 0 Å². The molecule has 1 fully saturated rings. The summed E-state index contributed by atoms with van der Waals surface area (Å²) in [6.07, 6.45) is 3.11. The Labute approximate surface area is 109 Å². The quantitative estimate of drug-likeness (QED) is 0.774. The van der Waals surface area contributed by atoms with Crippen LogP contribution >= 0.6 is 0 Å². The first-order valence-electron chi connectivity index (χ1n) is 7.09. The van der Waals surface area contributed by atoms with Crippen LogP contribution in [0.25, 0.3) is 0 Å². The highest BCUT2D eigenvalue weighted by molar-refractivity contribution is 5.27. The zero-order valence-electron chi connectivity index (χ0n) is 11.7. The van der Waals surface area contributed by atoms with E-state index in [1.54, 1.807) is 0 Å². The van der Waals surface area contributed by atoms with Crippen molar-refractivity contribution in [1.82, 2.24) is 15.1 Å². The van der Waals surface area contributed by atoms with Gasteiger partial charge in [-0.05, 0) is 25.9 Å². The highest BCUT2D eigenvalue weighted by Gasteiger charge is 2.28. The van der Waals surface area contributed by atoms with Gasteiger partial charge in [-0.3, -0.25) is 4.90 Å². The van der Waals surface area contributed by atoms with Crippen molar-refractivity contribution in [2.24, 2.45) is 0 Å². The maximum absolute atomic E-state index is 5.69. The Morgan fingerprint density at radius 2 is 2.06 bits per heavy atom. The van der Waals surface area contributed by atoms with Crippen molar-refractivity contribution in [3.63, 3.8) is 0 Å². The monoisotopic (exact) mass is 252 g/mol. The molecule has 0 amide bonds. The third-order valence-corrected chi connectivity index (χ3v) is 3.68. The van der Waals surface area contributed by atoms with Crippen molar-refractivity contribution < 1.29 is 4.42 Å². The van der Waals surface area contributed by atoms with E-state index in [-0.39, 0.29) is 0 Å². The summed E-state index contributed by atoms with van der Waals surface area (Å²) < 4.78 is 5.69. The lowest BCUT2D eigenvalue weighted by Gasteiger charge is -2.25. The number of aryl methyl sites for hydroxylation is 1. The van der Waals surface area contributed by atoms with Gasteiger partial charge in [-0.2, -0.15) is 0 Å². The van der Waals surface area contributed by atoms with Crippen molar-refractivity contribution >= 4 is 6.01 Å². The Bertz CT molecular complexity index is 362. The first kappa shape index (κ1) is 13.3. The summed E-state index contributed by atoms with van der Waals surface area (Å²) in [4.78, 5) is 4.72. The van der Waals surface area contributed by atoms with E-state index in [0.29, 0.717) is 12.1 Å². The summed E-state index contributed by atoms with van der Waals surface area (Å²) in [5.41, 5.74) is 0. The summed E-state index contributed by atoms with van der Waals surface area (Å²) in [6.45, 7) is 10.8. The number of hydrogen-bond acceptors (Lipinski definition) is 5. The predicted molar refractivity (Wildman–Crippen MR) is 71.8 cm³/mol. The van der Waals surface area contributed by atoms with Gasteiger partial charge < -0.3 is 9.32 Å². The molecule has 1 saturated heterocycles. The highest BCUT2D eigenvalue weighted by atomic mass is 16.4. The number of anilines is 1. The van der Waals surface area contributed by atoms with Crippen LogP contribution in [-0.4, -0.2) is 47.3 Å². The SMILES string of the molecule is CCCc1nnc(N2CCC(N(CC)CC)C2)o1. The summed E-state index contributed by atoms with van der Waals surface area (Å²) in [7, 11) is 0. The molecule has 0 aromatic carbocycles. The highest BCUT2D eigenvalue weighted by Crippen LogP contribution is 2.22. The minimum absolute atomic E-state index is 0.626. The van der Waals surface area contributed by atoms with E-state index in [1.807, 2.05) is 0 Å². The molecular formula is C13H24N4O. The van der Waals surface area contributed by atoms with Gasteiger partial charge in [0.15, 0.2) is 0 Å². The van der Waals surface area contributed by atoms with E-state index in [2.05, 4.69) is 40.8 Å². The molecular weight excluding hydrogens is 228 g/mol. The van der Waals surface area contributed by atoms with Gasteiger partial charge in [0, 0.05) is 25.6 Å². The van der Waals surface area contributed by atoms with Crippen LogP contribution in [-0.2, 0) is 6.42 Å². The molecule has 0 radical (unpaired) electrons. The Balaban J connectivity index is 1.95. The van der Waals surface area contributed by atoms with Gasteiger partial charge in [-0.1, -0.05) is 25.9 Å². The van der Waals surface area contributed by atoms with Crippen LogP contribution in [0.3, 0.4) is 0 Å². The zero-order valence-corrected chi connectivity index (χ0v) is 11.7. The van der Waals surface area contributed by atoms with Gasteiger partial charge in [0.2, 0.25) is 5.89 Å². The Hall–Kier alpha value is -1.10. The lowest BCUT2D eigenvalue weighted by molar-refractivity contribution is 0.232. The Kier molecular flexibility index (Phi) is 4.58. The van der Waals surface area contributed by atoms with Crippen molar-refractivity contribution in [2.45, 2.75) is 46.1 Å². The zero-order chi connectivity index (χ0) is 13.0. The van der Waals surface area contributed by atoms with E-state index in [9.17, 15) is 0 Å². The van der Waals surface area contributed by atoms with Crippen molar-refractivity contribution in [3.05, 3.63) is 5.89 Å². The second-order valence-corrected chi connectivity index (χ2v) is 4.84. The van der Waals surface area contributed by atoms with Crippen molar-refractivity contribution in [2.75, 3.05) is 31.1 Å². The minimum atomic E-state index is 0.626. The lowest BCUT2D eigenvalue weighted by atomic mass is 10.2. The normalized spacial score (nSPS) is 20.0. The Morgan fingerprint density at radius 1 is 1.28 bits per heavy atom. The van der Waals surface area contributed by atoms with Gasteiger partial charge >= 0.3 is 6.01 Å². The molecule has 2 rings (SSSR count). The molecule has 0 saturated carbocycles. The van der Waals surface area contributed by atoms with E-state index in [0.717, 1.165) is 44.9 Å². The Morgan fingerprint density at radius 3 is 2.72 bits per heavy atom. The molecule has 1 aliphatic rings. The van der Waals surface area contributed by atoms with E-state index >= 15 is 0 Å². The van der Waals surface area contributed by atoms with Gasteiger partial charge in [0.1, 0.15) is 0 Å². The van der Waals surface area contributed by atoms with E-state index in [4.69, 9.17) is 4.42 Å². The molecule has 5 heteroatoms. The van der Waals surface area contributed by atoms with Crippen LogP contribution in [0.1, 0.15) is 39.5 Å². The molecule has 0 spiro atoms. The summed E-state index contributed by atoms with van der Waals surface area (Å²) in [5, 5.41) is 8.24. The molecule has 1 aliphatic heterocycles. The second kappa shape index (κ2) is 6.18. The van der Waals surface area contributed by atoms with Gasteiger partial charge in [0.25, 0.3) is 0 Å². The van der Waals surface area contributed by atoms with Crippen molar-refractivity contribution in [3.8, 4) is 0 Å². The van der Waals surface area contributed by atoms with E-state index < -0.39 is 0 Å². The predicted octanol–water partition coefficient (Wildman–Crippen LogP) is 1.94. The smallest absolute Gasteiger partial charge is 0.318 e. The van der Waals surface area contributed by atoms with E-state index in [1.165, 1.54) is 6.42 Å². The van der Waals surface area contributed by atoms with Crippen LogP contribution in [0.4, 0.5) is 6.01 Å². The standard InChI is InChI=1S/C13H24N4O/c1-4-7-12-14-15-13(18-12)17-9-8-11(10-17)16(5-2)6-3/h11H,4-10H2,1-3H3. The molecule has 5 nitrogen and oxygen atoms in total. The number of hydrogen-bond donors (Lipinski definition) is 0. The van der Waals surface area contributed by atoms with Crippen LogP contribution in [0, 0.1) is 0 Å². The average Bonchev–Trinajstić information content (AvgIpc) is 3.00. The molecule has 0 aliphatic carbocycles. The second-order valence-electron chi connectivity index (χ2n) is 4.84. The maximum atomic E-state index is 5.69. The van der Waals surface area contributed by atoms with Gasteiger partial charge in [-0.25, -0.2) is 0 Å². The number of rotatable bonds is 6. The molecule has 1 unspecified atom stereocenters. The van der Waals surface area contributed by atoms with Crippen LogP contribution in [0.15, 0.2) is 4.42 Å². The fourth-order valence-corrected chi connectivity index (χ4v) is 2.64. The topological polar surface area (TPSA) is 45.4 Å². The summed E-state index contributed by atoms with van der Waals surface area (Å²) in [5.74, 6) is 0.763. The average molecular weight is 252 g/mol. The summed E-state index contributed by atoms with van der Waals surface area (Å²) in [6, 6.07) is 1.33. The lowest BCUT2D eigenvalue weighted by Crippen LogP contribution is -2.37. The molecule has 2 heterocycles. The molecule has 1 atom stereocenters. The molecule has 102 valence electrons. The number of nitrogens with zero attached hydrogens (tertiary/aromatic N) is 4. The third-order valence-electron chi connectivity index (χ3n) is 3.68. The largest absolute Gasteiger partial charge is 0.408 e. The van der Waals surface area contributed by atoms with Gasteiger partial charge in [0.05, 0.1) is 0 Å². The third kappa shape index (κ3) is 2.83. The minimum Gasteiger partial charge on any atom is -0.408 e. The molecule has 18 heavy (non-hydrogen) atoms. The van der Waals surface area contributed by atoms with Crippen LogP contribution in [0.2, 0.25) is 0 Å². The van der Waals surface area contributed by atoms with Crippen LogP contribution < -0.4 is 4.90 Å². The van der Waals surface area contributed by atoms with Gasteiger partial charge in [-0.15, -0.1) is 5.10 Å². The number of likely N-dealkylation sites (N-methyl/N-ethyl adjacent to an activating group) is 1. The maximum Gasteiger partial charge on any atom is 0.318 e. The molecule has 1 aromatic rings. The molecule has 0 N–H and O–H groups in total. The first-order chi connectivity index (χ1) is 8.78. The fraction of sp³-hybridized carbons (Fsp3) is 0.846. The molecule has 1 aromatic heterocycles. The number of aromatic nitrogens is 2. The first-order valence-corrected chi connectivity index (χ1v) is 7.09. The molecule has 0 bridgehead atoms. The summed E-state index contributed by atoms with van der Waals surface area (Å²) >= 11 is 0. The fourth-order valence-electron chi connectivity index (χ4n) is 2.64.